The molecular formula is C7H13N3O. The van der Waals surface area contributed by atoms with Crippen molar-refractivity contribution in [3.8, 4) is 0 Å². The van der Waals surface area contributed by atoms with E-state index in [4.69, 9.17) is 0 Å². The highest BCUT2D eigenvalue weighted by atomic mass is 16.2. The first kappa shape index (κ1) is 8.04. The van der Waals surface area contributed by atoms with Gasteiger partial charge in [0, 0.05) is 28.2 Å². The lowest BCUT2D eigenvalue weighted by Gasteiger charge is -2.10. The van der Waals surface area contributed by atoms with Gasteiger partial charge in [0.1, 0.15) is 5.84 Å². The van der Waals surface area contributed by atoms with Gasteiger partial charge in [-0.2, -0.15) is 0 Å². The molecule has 0 bridgehead atoms. The number of amidine groups is 1. The van der Waals surface area contributed by atoms with Crippen molar-refractivity contribution < 1.29 is 4.79 Å². The highest BCUT2D eigenvalue weighted by Crippen LogP contribution is 2.15. The summed E-state index contributed by atoms with van der Waals surface area (Å²) in [5, 5.41) is 0. The molecule has 0 N–H and O–H groups in total. The van der Waals surface area contributed by atoms with Gasteiger partial charge >= 0.3 is 0 Å². The maximum atomic E-state index is 11.2. The van der Waals surface area contributed by atoms with Gasteiger partial charge in [0.05, 0.1) is 0 Å². The van der Waals surface area contributed by atoms with Crippen LogP contribution in [0, 0.1) is 0 Å². The summed E-state index contributed by atoms with van der Waals surface area (Å²) in [6.45, 7) is 0. The van der Waals surface area contributed by atoms with Crippen LogP contribution in [0.15, 0.2) is 4.99 Å². The smallest absolute Gasteiger partial charge is 0.254 e. The Kier molecular flexibility index (Phi) is 1.85. The van der Waals surface area contributed by atoms with E-state index in [1.807, 2.05) is 19.0 Å². The zero-order chi connectivity index (χ0) is 8.59. The summed E-state index contributed by atoms with van der Waals surface area (Å²) in [5.74, 6) is 0.942. The second kappa shape index (κ2) is 2.53. The van der Waals surface area contributed by atoms with E-state index in [1.165, 1.54) is 0 Å². The van der Waals surface area contributed by atoms with Gasteiger partial charge in [-0.05, 0) is 0 Å². The first-order valence-corrected chi connectivity index (χ1v) is 3.50. The van der Waals surface area contributed by atoms with Crippen molar-refractivity contribution >= 4 is 11.7 Å². The highest BCUT2D eigenvalue weighted by Gasteiger charge is 2.37. The molecule has 0 saturated carbocycles. The lowest BCUT2D eigenvalue weighted by atomic mass is 10.3. The molecule has 1 aliphatic heterocycles. The predicted molar refractivity (Wildman–Crippen MR) is 43.6 cm³/mol. The van der Waals surface area contributed by atoms with E-state index < -0.39 is 0 Å². The van der Waals surface area contributed by atoms with Gasteiger partial charge in [0.2, 0.25) is 0 Å². The van der Waals surface area contributed by atoms with Crippen molar-refractivity contribution in [3.63, 3.8) is 0 Å². The van der Waals surface area contributed by atoms with Crippen LogP contribution in [-0.2, 0) is 4.79 Å². The number of rotatable bonds is 1. The summed E-state index contributed by atoms with van der Waals surface area (Å²) < 4.78 is 0. The predicted octanol–water partition coefficient (Wildman–Crippen LogP) is -0.583. The van der Waals surface area contributed by atoms with Crippen molar-refractivity contribution in [1.82, 2.24) is 9.80 Å². The van der Waals surface area contributed by atoms with Crippen molar-refractivity contribution in [3.05, 3.63) is 0 Å². The molecular weight excluding hydrogens is 142 g/mol. The molecule has 11 heavy (non-hydrogen) atoms. The second-order valence-corrected chi connectivity index (χ2v) is 3.02. The number of carbonyl (C=O) groups excluding carboxylic acids is 1. The van der Waals surface area contributed by atoms with E-state index >= 15 is 0 Å². The summed E-state index contributed by atoms with van der Waals surface area (Å²) in [5.41, 5.74) is 0. The molecule has 1 amide bonds. The summed E-state index contributed by atoms with van der Waals surface area (Å²) in [6.07, 6.45) is 0. The summed E-state index contributed by atoms with van der Waals surface area (Å²) >= 11 is 0. The third-order valence-corrected chi connectivity index (χ3v) is 1.57. The van der Waals surface area contributed by atoms with Crippen LogP contribution in [0.3, 0.4) is 0 Å². The Labute approximate surface area is 66.5 Å². The van der Waals surface area contributed by atoms with E-state index in [1.54, 1.807) is 19.0 Å². The Balaban J connectivity index is 2.41. The third kappa shape index (κ3) is 1.50. The number of carbonyl (C=O) groups is 1. The number of likely N-dealkylation sites (N-methyl/N-ethyl adjacent to an activating group) is 2. The number of nitrogens with zero attached hydrogens (tertiary/aromatic N) is 3. The van der Waals surface area contributed by atoms with Crippen molar-refractivity contribution in [2.75, 3.05) is 28.2 Å². The lowest BCUT2D eigenvalue weighted by molar-refractivity contribution is -0.127. The summed E-state index contributed by atoms with van der Waals surface area (Å²) in [7, 11) is 7.26. The topological polar surface area (TPSA) is 35.9 Å². The molecule has 0 aromatic heterocycles. The van der Waals surface area contributed by atoms with Crippen LogP contribution in [-0.4, -0.2) is 55.8 Å². The molecule has 0 aromatic carbocycles. The Hall–Kier alpha value is -1.06. The van der Waals surface area contributed by atoms with E-state index in [0.717, 1.165) is 5.84 Å². The molecule has 0 aromatic rings. The van der Waals surface area contributed by atoms with Crippen LogP contribution in [0.4, 0.5) is 0 Å². The fourth-order valence-electron chi connectivity index (χ4n) is 0.865. The van der Waals surface area contributed by atoms with Gasteiger partial charge in [-0.15, -0.1) is 0 Å². The second-order valence-electron chi connectivity index (χ2n) is 3.02. The fourth-order valence-corrected chi connectivity index (χ4v) is 0.865. The fraction of sp³-hybridized carbons (Fsp3) is 0.714. The van der Waals surface area contributed by atoms with E-state index in [-0.39, 0.29) is 11.9 Å². The molecule has 0 radical (unpaired) electrons. The van der Waals surface area contributed by atoms with Gasteiger partial charge in [-0.25, -0.2) is 4.99 Å². The first-order chi connectivity index (χ1) is 5.04. The van der Waals surface area contributed by atoms with E-state index in [9.17, 15) is 4.79 Å². The largest absolute Gasteiger partial charge is 0.364 e. The SMILES string of the molecule is CN(C)C(=O)C1N=C1N(C)C. The van der Waals surface area contributed by atoms with Crippen molar-refractivity contribution in [2.45, 2.75) is 6.04 Å². The minimum absolute atomic E-state index is 0.0636. The van der Waals surface area contributed by atoms with Crippen LogP contribution in [0.2, 0.25) is 0 Å². The Bertz CT molecular complexity index is 208. The maximum absolute atomic E-state index is 11.2. The molecule has 4 heteroatoms. The molecule has 1 unspecified atom stereocenters. The Morgan fingerprint density at radius 2 is 1.91 bits per heavy atom. The van der Waals surface area contributed by atoms with Crippen LogP contribution >= 0.6 is 0 Å². The minimum Gasteiger partial charge on any atom is -0.364 e. The molecule has 0 fully saturated rings. The number of amides is 1. The number of hydrogen-bond donors (Lipinski definition) is 0. The van der Waals surface area contributed by atoms with Crippen LogP contribution in [0.5, 0.6) is 0 Å². The minimum atomic E-state index is -0.194. The normalized spacial score (nSPS) is 20.7. The quantitative estimate of drug-likeness (QED) is 0.508. The molecule has 0 spiro atoms. The molecule has 1 atom stereocenters. The number of hydrogen-bond acceptors (Lipinski definition) is 3. The molecule has 62 valence electrons. The van der Waals surface area contributed by atoms with E-state index in [0.29, 0.717) is 0 Å². The van der Waals surface area contributed by atoms with E-state index in [2.05, 4.69) is 4.99 Å². The summed E-state index contributed by atoms with van der Waals surface area (Å²) in [4.78, 5) is 18.7. The average molecular weight is 155 g/mol. The average Bonchev–Trinajstić information content (AvgIpc) is 2.63. The lowest BCUT2D eigenvalue weighted by Crippen LogP contribution is -2.32. The molecule has 1 heterocycles. The third-order valence-electron chi connectivity index (χ3n) is 1.57. The van der Waals surface area contributed by atoms with Crippen LogP contribution in [0.1, 0.15) is 0 Å². The molecule has 0 aliphatic carbocycles. The van der Waals surface area contributed by atoms with Gasteiger partial charge < -0.3 is 9.80 Å². The Morgan fingerprint density at radius 1 is 1.36 bits per heavy atom. The first-order valence-electron chi connectivity index (χ1n) is 3.50. The monoisotopic (exact) mass is 155 g/mol. The van der Waals surface area contributed by atoms with Crippen molar-refractivity contribution in [2.24, 2.45) is 4.99 Å². The zero-order valence-electron chi connectivity index (χ0n) is 7.33. The van der Waals surface area contributed by atoms with Crippen LogP contribution in [0.25, 0.3) is 0 Å². The maximum Gasteiger partial charge on any atom is 0.254 e. The molecule has 4 nitrogen and oxygen atoms in total. The van der Waals surface area contributed by atoms with Crippen molar-refractivity contribution in [1.29, 1.82) is 0 Å². The standard InChI is InChI=1S/C7H13N3O/c1-9(2)6-5(8-6)7(11)10(3)4/h5H,1-4H3. The van der Waals surface area contributed by atoms with Gasteiger partial charge in [0.25, 0.3) is 5.91 Å². The van der Waals surface area contributed by atoms with Crippen LogP contribution < -0.4 is 0 Å². The van der Waals surface area contributed by atoms with Gasteiger partial charge in [-0.3, -0.25) is 4.79 Å². The molecule has 1 aliphatic rings. The zero-order valence-corrected chi connectivity index (χ0v) is 7.33. The number of aliphatic imine (C=N–C) groups is 1. The van der Waals surface area contributed by atoms with Gasteiger partial charge in [0.15, 0.2) is 6.04 Å². The Morgan fingerprint density at radius 3 is 2.18 bits per heavy atom. The van der Waals surface area contributed by atoms with Gasteiger partial charge in [-0.1, -0.05) is 0 Å². The highest BCUT2D eigenvalue weighted by molar-refractivity contribution is 6.16. The molecule has 0 saturated heterocycles. The molecule has 1 rings (SSSR count). The summed E-state index contributed by atoms with van der Waals surface area (Å²) in [6, 6.07) is -0.194.